The van der Waals surface area contributed by atoms with Crippen LogP contribution in [0.25, 0.3) is 0 Å². The number of hydrogen-bond acceptors (Lipinski definition) is 2. The Bertz CT molecular complexity index is 402. The molecule has 0 aromatic heterocycles. The maximum absolute atomic E-state index is 5.64. The monoisotopic (exact) mass is 405 g/mol. The fraction of sp³-hybridized carbons (Fsp3) is 0.562. The van der Waals surface area contributed by atoms with Crippen LogP contribution in [0, 0.1) is 0 Å². The average molecular weight is 405 g/mol. The largest absolute Gasteiger partial charge is 0.494 e. The van der Waals surface area contributed by atoms with E-state index in [2.05, 4.69) is 43.3 Å². The molecule has 0 amide bonds. The SMILES string of the molecule is CCNC(=NCCCOc1ccccc1)NC(C)(C)C.I. The highest BCUT2D eigenvalue weighted by molar-refractivity contribution is 14.0. The number of guanidine groups is 1. The van der Waals surface area contributed by atoms with Crippen LogP contribution in [0.15, 0.2) is 35.3 Å². The molecule has 1 aromatic rings. The minimum Gasteiger partial charge on any atom is -0.494 e. The van der Waals surface area contributed by atoms with Gasteiger partial charge in [-0.3, -0.25) is 4.99 Å². The summed E-state index contributed by atoms with van der Waals surface area (Å²) < 4.78 is 5.64. The molecule has 0 aliphatic heterocycles. The van der Waals surface area contributed by atoms with Crippen molar-refractivity contribution in [3.63, 3.8) is 0 Å². The van der Waals surface area contributed by atoms with Gasteiger partial charge in [0.15, 0.2) is 5.96 Å². The van der Waals surface area contributed by atoms with Crippen molar-refractivity contribution in [2.75, 3.05) is 19.7 Å². The summed E-state index contributed by atoms with van der Waals surface area (Å²) in [7, 11) is 0. The van der Waals surface area contributed by atoms with E-state index >= 15 is 0 Å². The maximum atomic E-state index is 5.64. The second-order valence-corrected chi connectivity index (χ2v) is 5.65. The molecule has 0 saturated carbocycles. The van der Waals surface area contributed by atoms with Gasteiger partial charge in [0.2, 0.25) is 0 Å². The topological polar surface area (TPSA) is 45.7 Å². The summed E-state index contributed by atoms with van der Waals surface area (Å²) in [6.07, 6.45) is 0.898. The lowest BCUT2D eigenvalue weighted by Crippen LogP contribution is -2.47. The Kier molecular flexibility index (Phi) is 10.2. The van der Waals surface area contributed by atoms with Crippen molar-refractivity contribution in [1.29, 1.82) is 0 Å². The van der Waals surface area contributed by atoms with Crippen molar-refractivity contribution in [3.05, 3.63) is 30.3 Å². The quantitative estimate of drug-likeness (QED) is 0.330. The molecule has 0 bridgehead atoms. The zero-order valence-electron chi connectivity index (χ0n) is 13.5. The molecule has 0 aliphatic rings. The molecule has 120 valence electrons. The fourth-order valence-corrected chi connectivity index (χ4v) is 1.62. The molecule has 21 heavy (non-hydrogen) atoms. The standard InChI is InChI=1S/C16H27N3O.HI/c1-5-17-15(19-16(2,3)4)18-12-9-13-20-14-10-7-6-8-11-14;/h6-8,10-11H,5,9,12-13H2,1-4H3,(H2,17,18,19);1H. The summed E-state index contributed by atoms with van der Waals surface area (Å²) in [5, 5.41) is 6.61. The molecule has 1 rings (SSSR count). The van der Waals surface area contributed by atoms with Crippen molar-refractivity contribution in [2.24, 2.45) is 4.99 Å². The Morgan fingerprint density at radius 3 is 2.43 bits per heavy atom. The first-order chi connectivity index (χ1) is 9.51. The molecule has 0 unspecified atom stereocenters. The van der Waals surface area contributed by atoms with Gasteiger partial charge >= 0.3 is 0 Å². The molecule has 0 atom stereocenters. The van der Waals surface area contributed by atoms with Crippen LogP contribution in [0.1, 0.15) is 34.1 Å². The minimum absolute atomic E-state index is 0. The molecule has 5 heteroatoms. The van der Waals surface area contributed by atoms with Crippen molar-refractivity contribution < 1.29 is 4.74 Å². The number of nitrogens with zero attached hydrogens (tertiary/aromatic N) is 1. The van der Waals surface area contributed by atoms with Crippen molar-refractivity contribution >= 4 is 29.9 Å². The summed E-state index contributed by atoms with van der Waals surface area (Å²) >= 11 is 0. The van der Waals surface area contributed by atoms with E-state index in [0.29, 0.717) is 6.61 Å². The molecular weight excluding hydrogens is 377 g/mol. The van der Waals surface area contributed by atoms with Crippen LogP contribution in [-0.4, -0.2) is 31.2 Å². The van der Waals surface area contributed by atoms with Crippen molar-refractivity contribution in [3.8, 4) is 5.75 Å². The molecular formula is C16H28IN3O. The van der Waals surface area contributed by atoms with E-state index in [1.54, 1.807) is 0 Å². The third-order valence-electron chi connectivity index (χ3n) is 2.42. The minimum atomic E-state index is 0. The molecule has 0 heterocycles. The number of benzene rings is 1. The first kappa shape index (κ1) is 20.0. The molecule has 4 nitrogen and oxygen atoms in total. The van der Waals surface area contributed by atoms with Gasteiger partial charge < -0.3 is 15.4 Å². The Balaban J connectivity index is 0.00000400. The lowest BCUT2D eigenvalue weighted by atomic mass is 10.1. The Morgan fingerprint density at radius 2 is 1.86 bits per heavy atom. The zero-order chi connectivity index (χ0) is 14.8. The summed E-state index contributed by atoms with van der Waals surface area (Å²) in [5.74, 6) is 1.77. The van der Waals surface area contributed by atoms with Gasteiger partial charge in [-0.1, -0.05) is 18.2 Å². The van der Waals surface area contributed by atoms with Gasteiger partial charge in [-0.25, -0.2) is 0 Å². The predicted octanol–water partition coefficient (Wildman–Crippen LogP) is 3.43. The second kappa shape index (κ2) is 10.7. The molecule has 2 N–H and O–H groups in total. The van der Waals surface area contributed by atoms with Crippen LogP contribution in [0.5, 0.6) is 5.75 Å². The van der Waals surface area contributed by atoms with E-state index in [-0.39, 0.29) is 29.5 Å². The molecule has 0 spiro atoms. The lowest BCUT2D eigenvalue weighted by Gasteiger charge is -2.23. The molecule has 0 saturated heterocycles. The Labute approximate surface area is 145 Å². The van der Waals surface area contributed by atoms with Crippen LogP contribution >= 0.6 is 24.0 Å². The van der Waals surface area contributed by atoms with Gasteiger partial charge in [-0.2, -0.15) is 0 Å². The smallest absolute Gasteiger partial charge is 0.191 e. The van der Waals surface area contributed by atoms with Crippen LogP contribution < -0.4 is 15.4 Å². The van der Waals surface area contributed by atoms with E-state index in [0.717, 1.165) is 31.2 Å². The number of ether oxygens (including phenoxy) is 1. The van der Waals surface area contributed by atoms with Crippen LogP contribution in [0.4, 0.5) is 0 Å². The number of aliphatic imine (C=N–C) groups is 1. The third kappa shape index (κ3) is 10.4. The highest BCUT2D eigenvalue weighted by Gasteiger charge is 2.11. The maximum Gasteiger partial charge on any atom is 0.191 e. The first-order valence-electron chi connectivity index (χ1n) is 7.25. The van der Waals surface area contributed by atoms with Crippen molar-refractivity contribution in [2.45, 2.75) is 39.7 Å². The second-order valence-electron chi connectivity index (χ2n) is 5.65. The van der Waals surface area contributed by atoms with Crippen LogP contribution in [-0.2, 0) is 0 Å². The Hall–Kier alpha value is -0.980. The van der Waals surface area contributed by atoms with Gasteiger partial charge in [0.25, 0.3) is 0 Å². The highest BCUT2D eigenvalue weighted by atomic mass is 127. The predicted molar refractivity (Wildman–Crippen MR) is 101 cm³/mol. The number of para-hydroxylation sites is 1. The molecule has 0 radical (unpaired) electrons. The van der Waals surface area contributed by atoms with E-state index in [9.17, 15) is 0 Å². The number of halogens is 1. The Morgan fingerprint density at radius 1 is 1.19 bits per heavy atom. The van der Waals surface area contributed by atoms with E-state index in [1.165, 1.54) is 0 Å². The van der Waals surface area contributed by atoms with Gasteiger partial charge in [-0.05, 0) is 39.8 Å². The normalized spacial score (nSPS) is 11.5. The van der Waals surface area contributed by atoms with E-state index in [1.807, 2.05) is 30.3 Å². The molecule has 1 aromatic carbocycles. The highest BCUT2D eigenvalue weighted by Crippen LogP contribution is 2.08. The summed E-state index contributed by atoms with van der Waals surface area (Å²) in [6, 6.07) is 9.87. The van der Waals surface area contributed by atoms with E-state index < -0.39 is 0 Å². The van der Waals surface area contributed by atoms with Gasteiger partial charge in [0.05, 0.1) is 6.61 Å². The zero-order valence-corrected chi connectivity index (χ0v) is 15.8. The third-order valence-corrected chi connectivity index (χ3v) is 2.42. The number of rotatable bonds is 6. The lowest BCUT2D eigenvalue weighted by molar-refractivity contribution is 0.313. The summed E-state index contributed by atoms with van der Waals surface area (Å²) in [5.41, 5.74) is 0.0154. The van der Waals surface area contributed by atoms with Gasteiger partial charge in [0.1, 0.15) is 5.75 Å². The average Bonchev–Trinajstić information content (AvgIpc) is 2.38. The molecule has 0 fully saturated rings. The van der Waals surface area contributed by atoms with Gasteiger partial charge in [0, 0.05) is 25.0 Å². The van der Waals surface area contributed by atoms with Crippen LogP contribution in [0.3, 0.4) is 0 Å². The fourth-order valence-electron chi connectivity index (χ4n) is 1.62. The van der Waals surface area contributed by atoms with E-state index in [4.69, 9.17) is 4.74 Å². The summed E-state index contributed by atoms with van der Waals surface area (Å²) in [6.45, 7) is 10.7. The van der Waals surface area contributed by atoms with Crippen molar-refractivity contribution in [1.82, 2.24) is 10.6 Å². The number of hydrogen-bond donors (Lipinski definition) is 2. The number of nitrogens with one attached hydrogen (secondary N) is 2. The molecule has 0 aliphatic carbocycles. The van der Waals surface area contributed by atoms with Gasteiger partial charge in [-0.15, -0.1) is 24.0 Å². The first-order valence-corrected chi connectivity index (χ1v) is 7.25. The summed E-state index contributed by atoms with van der Waals surface area (Å²) in [4.78, 5) is 4.54. The van der Waals surface area contributed by atoms with Crippen LogP contribution in [0.2, 0.25) is 0 Å².